The Balaban J connectivity index is 1.47. The molecule has 7 heteroatoms. The van der Waals surface area contributed by atoms with Gasteiger partial charge >= 0.3 is 6.09 Å². The number of nitrogens with one attached hydrogen (secondary N) is 2. The summed E-state index contributed by atoms with van der Waals surface area (Å²) < 4.78 is 11.2. The molecule has 38 heavy (non-hydrogen) atoms. The van der Waals surface area contributed by atoms with Crippen LogP contribution >= 0.6 is 0 Å². The Morgan fingerprint density at radius 2 is 1.39 bits per heavy atom. The number of ether oxygens (including phenoxy) is 2. The lowest BCUT2D eigenvalue weighted by molar-refractivity contribution is -0.118. The number of carbonyl (C=O) groups excluding carboxylic acids is 2. The van der Waals surface area contributed by atoms with Gasteiger partial charge in [-0.1, -0.05) is 84.9 Å². The van der Waals surface area contributed by atoms with Crippen molar-refractivity contribution in [1.29, 1.82) is 0 Å². The van der Waals surface area contributed by atoms with Crippen molar-refractivity contribution >= 4 is 17.7 Å². The zero-order valence-corrected chi connectivity index (χ0v) is 21.2. The third kappa shape index (κ3) is 7.69. The predicted octanol–water partition coefficient (Wildman–Crippen LogP) is 5.89. The van der Waals surface area contributed by atoms with E-state index < -0.39 is 18.0 Å². The fraction of sp³-hybridized carbons (Fsp3) is 0.161. The Kier molecular flexibility index (Phi) is 9.10. The minimum absolute atomic E-state index is 0.0870. The third-order valence-corrected chi connectivity index (χ3v) is 5.88. The summed E-state index contributed by atoms with van der Waals surface area (Å²) in [5.41, 5.74) is 9.92. The second kappa shape index (κ2) is 13.1. The summed E-state index contributed by atoms with van der Waals surface area (Å²) in [5, 5.41) is 5.58. The molecular formula is C31H31N3O4. The highest BCUT2D eigenvalue weighted by molar-refractivity contribution is 5.97. The molecule has 0 aromatic heterocycles. The normalized spacial score (nSPS) is 12.2. The van der Waals surface area contributed by atoms with Crippen LogP contribution in [0.5, 0.6) is 5.75 Å². The van der Waals surface area contributed by atoms with Crippen molar-refractivity contribution in [1.82, 2.24) is 5.32 Å². The molecule has 0 aliphatic heterocycles. The van der Waals surface area contributed by atoms with Crippen LogP contribution in [0.3, 0.4) is 0 Å². The Bertz CT molecular complexity index is 1330. The number of amides is 2. The van der Waals surface area contributed by atoms with Crippen LogP contribution in [0, 0.1) is 0 Å². The quantitative estimate of drug-likeness (QED) is 0.247. The molecule has 0 saturated heterocycles. The number of hydrogen-bond acceptors (Lipinski definition) is 5. The van der Waals surface area contributed by atoms with Crippen molar-refractivity contribution in [2.24, 2.45) is 5.73 Å². The van der Waals surface area contributed by atoms with Crippen LogP contribution < -0.4 is 21.1 Å². The molecule has 194 valence electrons. The van der Waals surface area contributed by atoms with E-state index in [1.165, 1.54) is 0 Å². The van der Waals surface area contributed by atoms with Gasteiger partial charge in [-0.3, -0.25) is 4.79 Å². The van der Waals surface area contributed by atoms with E-state index in [0.29, 0.717) is 23.6 Å². The monoisotopic (exact) mass is 509 g/mol. The SMILES string of the molecule is C[C@@H](N)c1cccc(NC(=O)[C@@H](NC(=O)OCc2ccccc2)c2ccc(OCc3ccccc3)cc2)c1. The van der Waals surface area contributed by atoms with Gasteiger partial charge in [0.2, 0.25) is 0 Å². The minimum Gasteiger partial charge on any atom is -0.489 e. The maximum absolute atomic E-state index is 13.4. The van der Waals surface area contributed by atoms with E-state index >= 15 is 0 Å². The molecule has 0 unspecified atom stereocenters. The molecular weight excluding hydrogens is 478 g/mol. The van der Waals surface area contributed by atoms with Crippen LogP contribution in [0.4, 0.5) is 10.5 Å². The van der Waals surface area contributed by atoms with Crippen molar-refractivity contribution in [2.45, 2.75) is 32.2 Å². The lowest BCUT2D eigenvalue weighted by Crippen LogP contribution is -2.37. The van der Waals surface area contributed by atoms with Gasteiger partial charge in [-0.05, 0) is 53.4 Å². The number of nitrogens with two attached hydrogens (primary N) is 1. The molecule has 4 rings (SSSR count). The van der Waals surface area contributed by atoms with Crippen LogP contribution in [0.15, 0.2) is 109 Å². The average Bonchev–Trinajstić information content (AvgIpc) is 2.95. The first kappa shape index (κ1) is 26.4. The summed E-state index contributed by atoms with van der Waals surface area (Å²) >= 11 is 0. The molecule has 0 heterocycles. The minimum atomic E-state index is -1.000. The van der Waals surface area contributed by atoms with Gasteiger partial charge in [0, 0.05) is 11.7 Å². The molecule has 4 aromatic rings. The summed E-state index contributed by atoms with van der Waals surface area (Å²) in [6, 6.07) is 32.3. The Labute approximate surface area is 222 Å². The summed E-state index contributed by atoms with van der Waals surface area (Å²) in [7, 11) is 0. The molecule has 0 radical (unpaired) electrons. The number of carbonyl (C=O) groups is 2. The first-order chi connectivity index (χ1) is 18.5. The first-order valence-corrected chi connectivity index (χ1v) is 12.4. The van der Waals surface area contributed by atoms with E-state index in [-0.39, 0.29) is 12.6 Å². The molecule has 2 atom stereocenters. The largest absolute Gasteiger partial charge is 0.489 e. The third-order valence-electron chi connectivity index (χ3n) is 5.88. The van der Waals surface area contributed by atoms with Gasteiger partial charge in [-0.2, -0.15) is 0 Å². The number of benzene rings is 4. The average molecular weight is 510 g/mol. The lowest BCUT2D eigenvalue weighted by Gasteiger charge is -2.20. The fourth-order valence-electron chi connectivity index (χ4n) is 3.79. The van der Waals surface area contributed by atoms with Gasteiger partial charge in [0.1, 0.15) is 25.0 Å². The van der Waals surface area contributed by atoms with E-state index in [0.717, 1.165) is 16.7 Å². The standard InChI is InChI=1S/C31H31N3O4/c1-22(32)26-13-8-14-27(19-26)33-30(35)29(34-31(36)38-21-24-11-6-3-7-12-24)25-15-17-28(18-16-25)37-20-23-9-4-2-5-10-23/h2-19,22,29H,20-21,32H2,1H3,(H,33,35)(H,34,36)/t22-,29+/m1/s1. The van der Waals surface area contributed by atoms with Crippen LogP contribution in [0.2, 0.25) is 0 Å². The van der Waals surface area contributed by atoms with E-state index in [9.17, 15) is 9.59 Å². The van der Waals surface area contributed by atoms with Crippen LogP contribution in [0.25, 0.3) is 0 Å². The number of anilines is 1. The van der Waals surface area contributed by atoms with Gasteiger partial charge < -0.3 is 25.8 Å². The van der Waals surface area contributed by atoms with Crippen molar-refractivity contribution < 1.29 is 19.1 Å². The van der Waals surface area contributed by atoms with Crippen molar-refractivity contribution in [3.8, 4) is 5.75 Å². The molecule has 0 saturated carbocycles. The molecule has 0 fully saturated rings. The summed E-state index contributed by atoms with van der Waals surface area (Å²) in [6.45, 7) is 2.38. The number of hydrogen-bond donors (Lipinski definition) is 3. The molecule has 0 aliphatic rings. The molecule has 0 bridgehead atoms. The van der Waals surface area contributed by atoms with Crippen molar-refractivity contribution in [3.63, 3.8) is 0 Å². The topological polar surface area (TPSA) is 103 Å². The highest BCUT2D eigenvalue weighted by Gasteiger charge is 2.24. The highest BCUT2D eigenvalue weighted by Crippen LogP contribution is 2.22. The molecule has 4 aromatic carbocycles. The fourth-order valence-corrected chi connectivity index (χ4v) is 3.79. The Morgan fingerprint density at radius 1 is 0.763 bits per heavy atom. The summed E-state index contributed by atoms with van der Waals surface area (Å²) in [5.74, 6) is 0.231. The zero-order valence-electron chi connectivity index (χ0n) is 21.2. The zero-order chi connectivity index (χ0) is 26.7. The van der Waals surface area contributed by atoms with Gasteiger partial charge in [0.05, 0.1) is 0 Å². The van der Waals surface area contributed by atoms with Gasteiger partial charge in [-0.15, -0.1) is 0 Å². The first-order valence-electron chi connectivity index (χ1n) is 12.4. The molecule has 0 aliphatic carbocycles. The van der Waals surface area contributed by atoms with Crippen LogP contribution in [-0.2, 0) is 22.7 Å². The number of alkyl carbamates (subject to hydrolysis) is 1. The van der Waals surface area contributed by atoms with Crippen LogP contribution in [0.1, 0.15) is 41.3 Å². The molecule has 4 N–H and O–H groups in total. The summed E-state index contributed by atoms with van der Waals surface area (Å²) in [6.07, 6.45) is -0.706. The van der Waals surface area contributed by atoms with Crippen molar-refractivity contribution in [2.75, 3.05) is 5.32 Å². The van der Waals surface area contributed by atoms with E-state index in [2.05, 4.69) is 10.6 Å². The lowest BCUT2D eigenvalue weighted by atomic mass is 10.1. The van der Waals surface area contributed by atoms with E-state index in [4.69, 9.17) is 15.2 Å². The van der Waals surface area contributed by atoms with Gasteiger partial charge in [-0.25, -0.2) is 4.79 Å². The highest BCUT2D eigenvalue weighted by atomic mass is 16.5. The Hall–Kier alpha value is -4.62. The van der Waals surface area contributed by atoms with Crippen LogP contribution in [-0.4, -0.2) is 12.0 Å². The Morgan fingerprint density at radius 3 is 2.03 bits per heavy atom. The second-order valence-electron chi connectivity index (χ2n) is 8.89. The molecule has 7 nitrogen and oxygen atoms in total. The predicted molar refractivity (Wildman–Crippen MR) is 147 cm³/mol. The van der Waals surface area contributed by atoms with Gasteiger partial charge in [0.25, 0.3) is 5.91 Å². The smallest absolute Gasteiger partial charge is 0.408 e. The molecule has 0 spiro atoms. The number of rotatable bonds is 10. The second-order valence-corrected chi connectivity index (χ2v) is 8.89. The van der Waals surface area contributed by atoms with Gasteiger partial charge in [0.15, 0.2) is 0 Å². The maximum atomic E-state index is 13.4. The van der Waals surface area contributed by atoms with Crippen molar-refractivity contribution in [3.05, 3.63) is 131 Å². The van der Waals surface area contributed by atoms with E-state index in [1.807, 2.05) is 85.8 Å². The maximum Gasteiger partial charge on any atom is 0.408 e. The summed E-state index contributed by atoms with van der Waals surface area (Å²) in [4.78, 5) is 26.0. The molecule has 2 amide bonds. The van der Waals surface area contributed by atoms with E-state index in [1.54, 1.807) is 30.3 Å².